The van der Waals surface area contributed by atoms with Crippen molar-refractivity contribution >= 4 is 27.1 Å². The van der Waals surface area contributed by atoms with Gasteiger partial charge in [0.25, 0.3) is 0 Å². The lowest BCUT2D eigenvalue weighted by atomic mass is 10.1. The molecule has 0 unspecified atom stereocenters. The van der Waals surface area contributed by atoms with Crippen molar-refractivity contribution in [2.45, 2.75) is 25.8 Å². The van der Waals surface area contributed by atoms with Crippen LogP contribution in [-0.2, 0) is 0 Å². The van der Waals surface area contributed by atoms with Gasteiger partial charge in [-0.25, -0.2) is 4.98 Å². The van der Waals surface area contributed by atoms with Gasteiger partial charge in [0, 0.05) is 10.5 Å². The molecule has 1 fully saturated rings. The first-order chi connectivity index (χ1) is 9.58. The van der Waals surface area contributed by atoms with Gasteiger partial charge in [-0.3, -0.25) is 14.2 Å². The van der Waals surface area contributed by atoms with E-state index in [-0.39, 0.29) is 6.04 Å². The van der Waals surface area contributed by atoms with E-state index in [4.69, 9.17) is 0 Å². The smallest absolute Gasteiger partial charge is 0.317 e. The van der Waals surface area contributed by atoms with Gasteiger partial charge in [-0.05, 0) is 54.9 Å². The van der Waals surface area contributed by atoms with E-state index in [1.54, 1.807) is 10.6 Å². The fourth-order valence-corrected chi connectivity index (χ4v) is 2.95. The van der Waals surface area contributed by atoms with E-state index in [9.17, 15) is 9.59 Å². The monoisotopic (exact) mass is 338 g/mol. The molecule has 1 aliphatic heterocycles. The van der Waals surface area contributed by atoms with E-state index in [1.807, 2.05) is 6.92 Å². The Bertz CT molecular complexity index is 774. The van der Waals surface area contributed by atoms with Gasteiger partial charge in [0.05, 0.1) is 11.2 Å². The molecule has 3 heterocycles. The van der Waals surface area contributed by atoms with E-state index in [0.29, 0.717) is 11.2 Å². The molecule has 0 aliphatic carbocycles. The third-order valence-corrected chi connectivity index (χ3v) is 4.50. The lowest BCUT2D eigenvalue weighted by Crippen LogP contribution is -2.41. The van der Waals surface area contributed by atoms with Crippen molar-refractivity contribution in [1.82, 2.24) is 19.9 Å². The zero-order valence-corrected chi connectivity index (χ0v) is 12.7. The third kappa shape index (κ3) is 2.20. The molecule has 2 aromatic heterocycles. The maximum Gasteiger partial charge on any atom is 0.318 e. The van der Waals surface area contributed by atoms with E-state index in [0.717, 1.165) is 36.1 Å². The highest BCUT2D eigenvalue weighted by molar-refractivity contribution is 9.10. The van der Waals surface area contributed by atoms with Gasteiger partial charge in [0.2, 0.25) is 0 Å². The predicted octanol–water partition coefficient (Wildman–Crippen LogP) is 1.08. The summed E-state index contributed by atoms with van der Waals surface area (Å²) in [5.41, 5.74) is 0.839. The van der Waals surface area contributed by atoms with Crippen LogP contribution >= 0.6 is 15.9 Å². The summed E-state index contributed by atoms with van der Waals surface area (Å²) in [6.45, 7) is 3.56. The SMILES string of the molecule is Cc1nc2c(cc1Br)[nH]c(=O)c(=O)n2C1CCNCC1. The Hall–Kier alpha value is -1.47. The van der Waals surface area contributed by atoms with Gasteiger partial charge in [-0.15, -0.1) is 0 Å². The van der Waals surface area contributed by atoms with Crippen LogP contribution in [0.4, 0.5) is 0 Å². The van der Waals surface area contributed by atoms with Crippen molar-refractivity contribution in [3.8, 4) is 0 Å². The molecule has 0 bridgehead atoms. The molecule has 2 aromatic rings. The summed E-state index contributed by atoms with van der Waals surface area (Å²) < 4.78 is 2.38. The van der Waals surface area contributed by atoms with E-state index in [1.165, 1.54) is 0 Å². The number of rotatable bonds is 1. The first kappa shape index (κ1) is 13.5. The van der Waals surface area contributed by atoms with Gasteiger partial charge in [-0.1, -0.05) is 0 Å². The summed E-state index contributed by atoms with van der Waals surface area (Å²) in [6.07, 6.45) is 1.66. The van der Waals surface area contributed by atoms with E-state index >= 15 is 0 Å². The van der Waals surface area contributed by atoms with Crippen LogP contribution in [0.3, 0.4) is 0 Å². The molecule has 0 saturated carbocycles. The molecule has 0 radical (unpaired) electrons. The zero-order chi connectivity index (χ0) is 14.3. The van der Waals surface area contributed by atoms with Gasteiger partial charge in [0.15, 0.2) is 5.65 Å². The second-order valence-electron chi connectivity index (χ2n) is 5.04. The number of hydrogen-bond acceptors (Lipinski definition) is 4. The summed E-state index contributed by atoms with van der Waals surface area (Å²) >= 11 is 3.40. The van der Waals surface area contributed by atoms with Gasteiger partial charge >= 0.3 is 11.1 Å². The number of nitrogens with one attached hydrogen (secondary N) is 2. The lowest BCUT2D eigenvalue weighted by Gasteiger charge is -2.25. The van der Waals surface area contributed by atoms with E-state index < -0.39 is 11.1 Å². The Morgan fingerprint density at radius 3 is 2.75 bits per heavy atom. The number of pyridine rings is 1. The lowest BCUT2D eigenvalue weighted by molar-refractivity contribution is 0.366. The minimum absolute atomic E-state index is 0.0293. The predicted molar refractivity (Wildman–Crippen MR) is 80.2 cm³/mol. The largest absolute Gasteiger partial charge is 0.318 e. The number of nitrogens with zero attached hydrogens (tertiary/aromatic N) is 2. The highest BCUT2D eigenvalue weighted by Gasteiger charge is 2.21. The second kappa shape index (κ2) is 5.14. The molecule has 1 saturated heterocycles. The Labute approximate surface area is 123 Å². The van der Waals surface area contributed by atoms with E-state index in [2.05, 4.69) is 31.2 Å². The van der Waals surface area contributed by atoms with Crippen LogP contribution < -0.4 is 16.4 Å². The zero-order valence-electron chi connectivity index (χ0n) is 11.1. The number of aromatic nitrogens is 3. The molecular formula is C13H15BrN4O2. The average molecular weight is 339 g/mol. The standard InChI is InChI=1S/C13H15BrN4O2/c1-7-9(14)6-10-11(16-7)18(13(20)12(19)17-10)8-2-4-15-5-3-8/h6,8,15H,2-5H2,1H3,(H,17,19). The molecular weight excluding hydrogens is 324 g/mol. The summed E-state index contributed by atoms with van der Waals surface area (Å²) in [7, 11) is 0. The summed E-state index contributed by atoms with van der Waals surface area (Å²) in [6, 6.07) is 1.83. The molecule has 2 N–H and O–H groups in total. The number of fused-ring (bicyclic) bond motifs is 1. The molecule has 3 rings (SSSR count). The minimum atomic E-state index is -0.589. The van der Waals surface area contributed by atoms with Crippen molar-refractivity contribution in [2.24, 2.45) is 0 Å². The first-order valence-corrected chi connectivity index (χ1v) is 7.39. The molecule has 6 nitrogen and oxygen atoms in total. The average Bonchev–Trinajstić information content (AvgIpc) is 2.44. The maximum atomic E-state index is 12.2. The Balaban J connectivity index is 2.32. The fraction of sp³-hybridized carbons (Fsp3) is 0.462. The summed E-state index contributed by atoms with van der Waals surface area (Å²) in [5, 5.41) is 3.26. The fourth-order valence-electron chi connectivity index (χ4n) is 2.63. The molecule has 0 aromatic carbocycles. The molecule has 7 heteroatoms. The number of aromatic amines is 1. The number of H-pyrrole nitrogens is 1. The molecule has 0 amide bonds. The molecule has 20 heavy (non-hydrogen) atoms. The Kier molecular flexibility index (Phi) is 3.47. The quantitative estimate of drug-likeness (QED) is 0.762. The van der Waals surface area contributed by atoms with Crippen molar-refractivity contribution in [3.05, 3.63) is 36.9 Å². The van der Waals surface area contributed by atoms with Gasteiger partial charge in [0.1, 0.15) is 0 Å². The molecule has 106 valence electrons. The number of piperidine rings is 1. The third-order valence-electron chi connectivity index (χ3n) is 3.69. The van der Waals surface area contributed by atoms with Crippen molar-refractivity contribution in [3.63, 3.8) is 0 Å². The summed E-state index contributed by atoms with van der Waals surface area (Å²) in [5.74, 6) is 0. The normalized spacial score (nSPS) is 16.7. The Morgan fingerprint density at radius 1 is 1.35 bits per heavy atom. The highest BCUT2D eigenvalue weighted by Crippen LogP contribution is 2.23. The van der Waals surface area contributed by atoms with Crippen LogP contribution in [0.1, 0.15) is 24.6 Å². The van der Waals surface area contributed by atoms with Crippen molar-refractivity contribution < 1.29 is 0 Å². The van der Waals surface area contributed by atoms with Crippen molar-refractivity contribution in [2.75, 3.05) is 13.1 Å². The Morgan fingerprint density at radius 2 is 2.05 bits per heavy atom. The molecule has 0 atom stereocenters. The minimum Gasteiger partial charge on any atom is -0.317 e. The number of halogens is 1. The first-order valence-electron chi connectivity index (χ1n) is 6.60. The maximum absolute atomic E-state index is 12.2. The van der Waals surface area contributed by atoms with Crippen LogP contribution in [-0.4, -0.2) is 27.6 Å². The van der Waals surface area contributed by atoms with Gasteiger partial charge in [-0.2, -0.15) is 0 Å². The number of aryl methyl sites for hydroxylation is 1. The topological polar surface area (TPSA) is 79.8 Å². The highest BCUT2D eigenvalue weighted by atomic mass is 79.9. The second-order valence-corrected chi connectivity index (χ2v) is 5.89. The summed E-state index contributed by atoms with van der Waals surface area (Å²) in [4.78, 5) is 31.2. The molecule has 1 aliphatic rings. The van der Waals surface area contributed by atoms with Crippen molar-refractivity contribution in [1.29, 1.82) is 0 Å². The van der Waals surface area contributed by atoms with Crippen LogP contribution in [0.2, 0.25) is 0 Å². The molecule has 0 spiro atoms. The number of hydrogen-bond donors (Lipinski definition) is 2. The van der Waals surface area contributed by atoms with Crippen LogP contribution in [0.5, 0.6) is 0 Å². The van der Waals surface area contributed by atoms with Crippen LogP contribution in [0.25, 0.3) is 11.2 Å². The van der Waals surface area contributed by atoms with Crippen LogP contribution in [0.15, 0.2) is 20.1 Å². The van der Waals surface area contributed by atoms with Crippen LogP contribution in [0, 0.1) is 6.92 Å². The van der Waals surface area contributed by atoms with Gasteiger partial charge < -0.3 is 10.3 Å².